The number of rotatable bonds is 6. The molecule has 6 nitrogen and oxygen atoms in total. The quantitative estimate of drug-likeness (QED) is 0.549. The molecule has 0 bridgehead atoms. The first-order valence-corrected chi connectivity index (χ1v) is 5.77. The maximum atomic E-state index is 5.40. The van der Waals surface area contributed by atoms with E-state index in [1.54, 1.807) is 0 Å². The fraction of sp³-hybridized carbons (Fsp3) is 0.636. The van der Waals surface area contributed by atoms with Crippen LogP contribution in [0.4, 0.5) is 11.6 Å². The van der Waals surface area contributed by atoms with Crippen LogP contribution >= 0.6 is 0 Å². The second-order valence-electron chi connectivity index (χ2n) is 4.25. The van der Waals surface area contributed by atoms with E-state index in [-0.39, 0.29) is 0 Å². The largest absolute Gasteiger partial charge is 0.358 e. The number of anilines is 2. The van der Waals surface area contributed by atoms with Gasteiger partial charge in [0.05, 0.1) is 0 Å². The molecule has 96 valence electrons. The highest BCUT2D eigenvalue weighted by molar-refractivity contribution is 5.48. The minimum atomic E-state index is 0.656. The van der Waals surface area contributed by atoms with Crippen LogP contribution in [0.5, 0.6) is 0 Å². The third-order valence-electron chi connectivity index (χ3n) is 2.50. The van der Waals surface area contributed by atoms with Crippen molar-refractivity contribution >= 4 is 11.6 Å². The smallest absolute Gasteiger partial charge is 0.145 e. The Hall–Kier alpha value is -1.40. The van der Waals surface area contributed by atoms with Gasteiger partial charge in [0.15, 0.2) is 0 Å². The molecule has 0 aliphatic rings. The fourth-order valence-electron chi connectivity index (χ4n) is 1.38. The van der Waals surface area contributed by atoms with E-state index >= 15 is 0 Å². The van der Waals surface area contributed by atoms with Crippen LogP contribution in [-0.2, 0) is 6.42 Å². The molecule has 0 aliphatic heterocycles. The molecule has 1 rings (SSSR count). The van der Waals surface area contributed by atoms with Gasteiger partial charge in [0.2, 0.25) is 0 Å². The van der Waals surface area contributed by atoms with Gasteiger partial charge in [-0.05, 0) is 14.1 Å². The summed E-state index contributed by atoms with van der Waals surface area (Å²) >= 11 is 0. The summed E-state index contributed by atoms with van der Waals surface area (Å²) in [5, 5.41) is 0. The van der Waals surface area contributed by atoms with Gasteiger partial charge in [-0.1, -0.05) is 6.92 Å². The monoisotopic (exact) mass is 238 g/mol. The van der Waals surface area contributed by atoms with E-state index < -0.39 is 0 Å². The molecule has 0 spiro atoms. The van der Waals surface area contributed by atoms with Gasteiger partial charge < -0.3 is 15.2 Å². The molecule has 0 saturated heterocycles. The number of hydrogen-bond acceptors (Lipinski definition) is 6. The van der Waals surface area contributed by atoms with Gasteiger partial charge in [-0.15, -0.1) is 0 Å². The zero-order valence-electron chi connectivity index (χ0n) is 11.1. The van der Waals surface area contributed by atoms with Crippen molar-refractivity contribution < 1.29 is 0 Å². The summed E-state index contributed by atoms with van der Waals surface area (Å²) in [5.74, 6) is 7.75. The molecule has 0 fully saturated rings. The zero-order valence-corrected chi connectivity index (χ0v) is 11.1. The number of aromatic nitrogens is 2. The molecule has 6 heteroatoms. The van der Waals surface area contributed by atoms with E-state index in [0.29, 0.717) is 5.82 Å². The fourth-order valence-corrected chi connectivity index (χ4v) is 1.38. The summed E-state index contributed by atoms with van der Waals surface area (Å²) in [6, 6.07) is 1.86. The molecule has 0 aromatic carbocycles. The highest BCUT2D eigenvalue weighted by atomic mass is 15.3. The molecule has 0 atom stereocenters. The molecule has 1 aromatic heterocycles. The van der Waals surface area contributed by atoms with Crippen LogP contribution in [-0.4, -0.2) is 49.1 Å². The van der Waals surface area contributed by atoms with Crippen LogP contribution in [0.2, 0.25) is 0 Å². The van der Waals surface area contributed by atoms with Crippen LogP contribution in [0, 0.1) is 0 Å². The highest BCUT2D eigenvalue weighted by Crippen LogP contribution is 2.14. The van der Waals surface area contributed by atoms with Crippen LogP contribution in [0.25, 0.3) is 0 Å². The summed E-state index contributed by atoms with van der Waals surface area (Å²) in [6.45, 7) is 3.92. The summed E-state index contributed by atoms with van der Waals surface area (Å²) in [4.78, 5) is 13.0. The number of likely N-dealkylation sites (N-methyl/N-ethyl adjacent to an activating group) is 2. The Morgan fingerprint density at radius 2 is 1.94 bits per heavy atom. The third-order valence-corrected chi connectivity index (χ3v) is 2.50. The number of hydrogen-bond donors (Lipinski definition) is 2. The Balaban J connectivity index is 2.80. The van der Waals surface area contributed by atoms with Crippen molar-refractivity contribution in [3.63, 3.8) is 0 Å². The predicted octanol–water partition coefficient (Wildman–Crippen LogP) is 0.322. The van der Waals surface area contributed by atoms with Gasteiger partial charge in [-0.2, -0.15) is 0 Å². The summed E-state index contributed by atoms with van der Waals surface area (Å²) in [5.41, 5.74) is 2.57. The molecule has 3 N–H and O–H groups in total. The van der Waals surface area contributed by atoms with Crippen LogP contribution in [0.3, 0.4) is 0 Å². The molecule has 17 heavy (non-hydrogen) atoms. The third kappa shape index (κ3) is 4.16. The van der Waals surface area contributed by atoms with Crippen molar-refractivity contribution in [1.29, 1.82) is 0 Å². The van der Waals surface area contributed by atoms with Crippen molar-refractivity contribution in [3.8, 4) is 0 Å². The lowest BCUT2D eigenvalue weighted by Crippen LogP contribution is -2.29. The van der Waals surface area contributed by atoms with E-state index in [1.807, 2.05) is 20.0 Å². The number of nitrogens with one attached hydrogen (secondary N) is 1. The van der Waals surface area contributed by atoms with Gasteiger partial charge in [-0.3, -0.25) is 0 Å². The van der Waals surface area contributed by atoms with Crippen molar-refractivity contribution in [2.24, 2.45) is 5.84 Å². The number of aryl methyl sites for hydroxylation is 1. The first-order chi connectivity index (χ1) is 8.06. The molecular formula is C11H22N6. The summed E-state index contributed by atoms with van der Waals surface area (Å²) < 4.78 is 0. The van der Waals surface area contributed by atoms with Crippen molar-refractivity contribution in [1.82, 2.24) is 14.9 Å². The van der Waals surface area contributed by atoms with E-state index in [9.17, 15) is 0 Å². The van der Waals surface area contributed by atoms with Crippen LogP contribution < -0.4 is 16.2 Å². The second-order valence-corrected chi connectivity index (χ2v) is 4.25. The zero-order chi connectivity index (χ0) is 12.8. The second kappa shape index (κ2) is 6.36. The number of nitrogens with zero attached hydrogens (tertiary/aromatic N) is 4. The van der Waals surface area contributed by atoms with E-state index in [2.05, 4.69) is 39.3 Å². The van der Waals surface area contributed by atoms with Crippen molar-refractivity contribution in [2.45, 2.75) is 13.3 Å². The van der Waals surface area contributed by atoms with E-state index in [4.69, 9.17) is 5.84 Å². The van der Waals surface area contributed by atoms with E-state index in [0.717, 1.165) is 31.2 Å². The van der Waals surface area contributed by atoms with Gasteiger partial charge in [0, 0.05) is 32.6 Å². The topological polar surface area (TPSA) is 70.3 Å². The van der Waals surface area contributed by atoms with Gasteiger partial charge in [0.1, 0.15) is 17.5 Å². The lowest BCUT2D eigenvalue weighted by Gasteiger charge is -2.21. The van der Waals surface area contributed by atoms with Gasteiger partial charge in [-0.25, -0.2) is 15.8 Å². The number of nitrogen functional groups attached to an aromatic ring is 1. The molecule has 0 amide bonds. The van der Waals surface area contributed by atoms with Crippen molar-refractivity contribution in [3.05, 3.63) is 11.9 Å². The standard InChI is InChI=1S/C11H22N6/c1-5-9-13-10(15-12)8-11(14-9)17(4)7-6-16(2)3/h8H,5-7,12H2,1-4H3,(H,13,14,15). The minimum absolute atomic E-state index is 0.656. The molecule has 0 unspecified atom stereocenters. The Morgan fingerprint density at radius 1 is 1.24 bits per heavy atom. The molecular weight excluding hydrogens is 216 g/mol. The molecule has 1 heterocycles. The average molecular weight is 238 g/mol. The lowest BCUT2D eigenvalue weighted by molar-refractivity contribution is 0.416. The molecule has 1 aromatic rings. The van der Waals surface area contributed by atoms with Gasteiger partial charge in [0.25, 0.3) is 0 Å². The SMILES string of the molecule is CCc1nc(NN)cc(N(C)CCN(C)C)n1. The number of nitrogens with two attached hydrogens (primary N) is 1. The average Bonchev–Trinajstić information content (AvgIpc) is 2.34. The summed E-state index contributed by atoms with van der Waals surface area (Å²) in [6.07, 6.45) is 0.796. The maximum Gasteiger partial charge on any atom is 0.145 e. The van der Waals surface area contributed by atoms with E-state index in [1.165, 1.54) is 0 Å². The Kier molecular flexibility index (Phi) is 5.11. The first-order valence-electron chi connectivity index (χ1n) is 5.77. The normalized spacial score (nSPS) is 10.7. The van der Waals surface area contributed by atoms with Crippen LogP contribution in [0.1, 0.15) is 12.7 Å². The molecule has 0 saturated carbocycles. The van der Waals surface area contributed by atoms with Gasteiger partial charge >= 0.3 is 0 Å². The Labute approximate surface area is 103 Å². The lowest BCUT2D eigenvalue weighted by atomic mass is 10.4. The highest BCUT2D eigenvalue weighted by Gasteiger charge is 2.07. The number of hydrazine groups is 1. The Morgan fingerprint density at radius 3 is 2.47 bits per heavy atom. The summed E-state index contributed by atoms with van der Waals surface area (Å²) in [7, 11) is 6.13. The minimum Gasteiger partial charge on any atom is -0.358 e. The van der Waals surface area contributed by atoms with Crippen molar-refractivity contribution in [2.75, 3.05) is 44.6 Å². The first kappa shape index (κ1) is 13.7. The van der Waals surface area contributed by atoms with Crippen LogP contribution in [0.15, 0.2) is 6.07 Å². The Bertz CT molecular complexity index is 330. The molecule has 0 aliphatic carbocycles. The predicted molar refractivity (Wildman–Crippen MR) is 71.0 cm³/mol. The maximum absolute atomic E-state index is 5.40. The molecule has 0 radical (unpaired) electrons.